The maximum atomic E-state index is 12.3. The molecule has 0 aliphatic carbocycles. The number of benzene rings is 1. The number of anilines is 1. The lowest BCUT2D eigenvalue weighted by molar-refractivity contribution is 0.0929. The number of carbonyl (C=O) groups excluding carboxylic acids is 1. The van der Waals surface area contributed by atoms with E-state index < -0.39 is 0 Å². The Balaban J connectivity index is 1.70. The van der Waals surface area contributed by atoms with Crippen molar-refractivity contribution in [3.63, 3.8) is 0 Å². The van der Waals surface area contributed by atoms with E-state index in [2.05, 4.69) is 10.2 Å². The Kier molecular flexibility index (Phi) is 3.53. The van der Waals surface area contributed by atoms with Gasteiger partial charge in [0.15, 0.2) is 0 Å². The van der Waals surface area contributed by atoms with Crippen LogP contribution in [0.25, 0.3) is 0 Å². The van der Waals surface area contributed by atoms with Crippen LogP contribution < -0.4 is 15.8 Å². The third-order valence-electron chi connectivity index (χ3n) is 4.42. The van der Waals surface area contributed by atoms with Gasteiger partial charge in [0.25, 0.3) is 5.91 Å². The smallest absolute Gasteiger partial charge is 0.251 e. The number of amides is 1. The SMILES string of the molecule is COc1cc(C(=O)NC2CCN3CCCC23)ccc1N. The molecule has 1 aromatic carbocycles. The summed E-state index contributed by atoms with van der Waals surface area (Å²) in [5.41, 5.74) is 6.92. The normalized spacial score (nSPS) is 25.4. The summed E-state index contributed by atoms with van der Waals surface area (Å²) in [7, 11) is 1.56. The summed E-state index contributed by atoms with van der Waals surface area (Å²) < 4.78 is 5.16. The molecule has 2 heterocycles. The number of nitrogen functional groups attached to an aromatic ring is 1. The molecular formula is C15H21N3O2. The van der Waals surface area contributed by atoms with Gasteiger partial charge in [0.05, 0.1) is 12.8 Å². The highest BCUT2D eigenvalue weighted by Gasteiger charge is 2.37. The lowest BCUT2D eigenvalue weighted by Gasteiger charge is -2.21. The molecule has 2 saturated heterocycles. The molecule has 2 aliphatic heterocycles. The topological polar surface area (TPSA) is 67.6 Å². The van der Waals surface area contributed by atoms with E-state index in [-0.39, 0.29) is 11.9 Å². The van der Waals surface area contributed by atoms with Gasteiger partial charge in [0.1, 0.15) is 5.75 Å². The fourth-order valence-corrected chi connectivity index (χ4v) is 3.35. The standard InChI is InChI=1S/C15H21N3O2/c1-20-14-9-10(4-5-11(14)16)15(19)17-12-6-8-18-7-2-3-13(12)18/h4-5,9,12-13H,2-3,6-8,16H2,1H3,(H,17,19). The van der Waals surface area contributed by atoms with Crippen LogP contribution in [0.5, 0.6) is 5.75 Å². The highest BCUT2D eigenvalue weighted by molar-refractivity contribution is 5.95. The third-order valence-corrected chi connectivity index (χ3v) is 4.42. The number of nitrogens with zero attached hydrogens (tertiary/aromatic N) is 1. The van der Waals surface area contributed by atoms with Gasteiger partial charge in [0.2, 0.25) is 0 Å². The van der Waals surface area contributed by atoms with Crippen molar-refractivity contribution in [3.05, 3.63) is 23.8 Å². The van der Waals surface area contributed by atoms with Crippen LogP contribution in [-0.4, -0.2) is 43.1 Å². The third kappa shape index (κ3) is 2.33. The fraction of sp³-hybridized carbons (Fsp3) is 0.533. The molecule has 3 rings (SSSR count). The van der Waals surface area contributed by atoms with Crippen molar-refractivity contribution in [1.29, 1.82) is 0 Å². The van der Waals surface area contributed by atoms with Gasteiger partial charge in [-0.25, -0.2) is 0 Å². The van der Waals surface area contributed by atoms with Crippen LogP contribution in [-0.2, 0) is 0 Å². The molecule has 0 aromatic heterocycles. The molecule has 108 valence electrons. The number of nitrogens with one attached hydrogen (secondary N) is 1. The summed E-state index contributed by atoms with van der Waals surface area (Å²) in [6, 6.07) is 5.95. The first kappa shape index (κ1) is 13.2. The van der Waals surface area contributed by atoms with E-state index in [1.807, 2.05) is 0 Å². The summed E-state index contributed by atoms with van der Waals surface area (Å²) in [6.07, 6.45) is 3.48. The largest absolute Gasteiger partial charge is 0.495 e. The van der Waals surface area contributed by atoms with Crippen LogP contribution in [0, 0.1) is 0 Å². The molecule has 0 bridgehead atoms. The molecule has 0 spiro atoms. The summed E-state index contributed by atoms with van der Waals surface area (Å²) >= 11 is 0. The van der Waals surface area contributed by atoms with Gasteiger partial charge in [-0.3, -0.25) is 9.69 Å². The second-order valence-electron chi connectivity index (χ2n) is 5.57. The van der Waals surface area contributed by atoms with E-state index >= 15 is 0 Å². The molecule has 2 aliphatic rings. The fourth-order valence-electron chi connectivity index (χ4n) is 3.35. The highest BCUT2D eigenvalue weighted by atomic mass is 16.5. The number of carbonyl (C=O) groups is 1. The Bertz CT molecular complexity index is 518. The van der Waals surface area contributed by atoms with Crippen molar-refractivity contribution in [1.82, 2.24) is 10.2 Å². The Morgan fingerprint density at radius 2 is 2.25 bits per heavy atom. The van der Waals surface area contributed by atoms with Crippen LogP contribution >= 0.6 is 0 Å². The Morgan fingerprint density at radius 1 is 1.40 bits per heavy atom. The Morgan fingerprint density at radius 3 is 3.05 bits per heavy atom. The van der Waals surface area contributed by atoms with E-state index in [1.54, 1.807) is 25.3 Å². The first-order valence-electron chi connectivity index (χ1n) is 7.17. The van der Waals surface area contributed by atoms with Crippen molar-refractivity contribution in [2.24, 2.45) is 0 Å². The minimum atomic E-state index is -0.0398. The van der Waals surface area contributed by atoms with E-state index in [0.29, 0.717) is 23.0 Å². The lowest BCUT2D eigenvalue weighted by Crippen LogP contribution is -2.42. The van der Waals surface area contributed by atoms with Crippen LogP contribution in [0.2, 0.25) is 0 Å². The summed E-state index contributed by atoms with van der Waals surface area (Å²) in [6.45, 7) is 2.27. The Hall–Kier alpha value is -1.75. The van der Waals surface area contributed by atoms with Crippen LogP contribution in [0.1, 0.15) is 29.6 Å². The molecular weight excluding hydrogens is 254 g/mol. The number of methoxy groups -OCH3 is 1. The maximum Gasteiger partial charge on any atom is 0.251 e. The average molecular weight is 275 g/mol. The molecule has 2 atom stereocenters. The van der Waals surface area contributed by atoms with Gasteiger partial charge >= 0.3 is 0 Å². The van der Waals surface area contributed by atoms with Gasteiger partial charge < -0.3 is 15.8 Å². The first-order valence-corrected chi connectivity index (χ1v) is 7.17. The Labute approximate surface area is 119 Å². The summed E-state index contributed by atoms with van der Waals surface area (Å²) in [4.78, 5) is 14.8. The number of nitrogens with two attached hydrogens (primary N) is 1. The van der Waals surface area contributed by atoms with Gasteiger partial charge in [-0.2, -0.15) is 0 Å². The quantitative estimate of drug-likeness (QED) is 0.815. The lowest BCUT2D eigenvalue weighted by atomic mass is 10.1. The maximum absolute atomic E-state index is 12.3. The molecule has 1 aromatic rings. The molecule has 2 fully saturated rings. The van der Waals surface area contributed by atoms with E-state index in [9.17, 15) is 4.79 Å². The molecule has 0 radical (unpaired) electrons. The number of hydrogen-bond acceptors (Lipinski definition) is 4. The van der Waals surface area contributed by atoms with Crippen molar-refractivity contribution in [3.8, 4) is 5.75 Å². The zero-order chi connectivity index (χ0) is 14.1. The van der Waals surface area contributed by atoms with E-state index in [4.69, 9.17) is 10.5 Å². The molecule has 5 nitrogen and oxygen atoms in total. The van der Waals surface area contributed by atoms with Gasteiger partial charge in [0, 0.05) is 24.2 Å². The average Bonchev–Trinajstić information content (AvgIpc) is 3.04. The van der Waals surface area contributed by atoms with Gasteiger partial charge in [-0.15, -0.1) is 0 Å². The number of fused-ring (bicyclic) bond motifs is 1. The van der Waals surface area contributed by atoms with Crippen LogP contribution in [0.4, 0.5) is 5.69 Å². The summed E-state index contributed by atoms with van der Waals surface area (Å²) in [5, 5.41) is 3.16. The monoisotopic (exact) mass is 275 g/mol. The minimum Gasteiger partial charge on any atom is -0.495 e. The van der Waals surface area contributed by atoms with Crippen molar-refractivity contribution >= 4 is 11.6 Å². The van der Waals surface area contributed by atoms with Crippen LogP contribution in [0.15, 0.2) is 18.2 Å². The minimum absolute atomic E-state index is 0.0398. The molecule has 1 amide bonds. The van der Waals surface area contributed by atoms with Gasteiger partial charge in [-0.05, 0) is 44.0 Å². The predicted octanol–water partition coefficient (Wildman–Crippen LogP) is 1.24. The van der Waals surface area contributed by atoms with E-state index in [1.165, 1.54) is 19.4 Å². The van der Waals surface area contributed by atoms with Crippen molar-refractivity contribution in [2.75, 3.05) is 25.9 Å². The van der Waals surface area contributed by atoms with Crippen LogP contribution in [0.3, 0.4) is 0 Å². The van der Waals surface area contributed by atoms with Crippen molar-refractivity contribution < 1.29 is 9.53 Å². The number of ether oxygens (including phenoxy) is 1. The molecule has 2 unspecified atom stereocenters. The van der Waals surface area contributed by atoms with Gasteiger partial charge in [-0.1, -0.05) is 0 Å². The summed E-state index contributed by atoms with van der Waals surface area (Å²) in [5.74, 6) is 0.508. The number of hydrogen-bond donors (Lipinski definition) is 2. The molecule has 0 saturated carbocycles. The predicted molar refractivity (Wildman–Crippen MR) is 77.9 cm³/mol. The molecule has 20 heavy (non-hydrogen) atoms. The molecule has 5 heteroatoms. The number of rotatable bonds is 3. The highest BCUT2D eigenvalue weighted by Crippen LogP contribution is 2.28. The zero-order valence-electron chi connectivity index (χ0n) is 11.8. The van der Waals surface area contributed by atoms with E-state index in [0.717, 1.165) is 13.0 Å². The second-order valence-corrected chi connectivity index (χ2v) is 5.57. The first-order chi connectivity index (χ1) is 9.69. The zero-order valence-corrected chi connectivity index (χ0v) is 11.8. The van der Waals surface area contributed by atoms with Crippen molar-refractivity contribution in [2.45, 2.75) is 31.3 Å². The second kappa shape index (κ2) is 5.32. The molecule has 3 N–H and O–H groups in total.